The second-order valence-corrected chi connectivity index (χ2v) is 2.62. The number of aliphatic carboxylic acids is 1. The molecule has 0 saturated heterocycles. The Bertz CT molecular complexity index is 110. The van der Waals surface area contributed by atoms with Crippen molar-refractivity contribution in [3.8, 4) is 0 Å². The van der Waals surface area contributed by atoms with Crippen molar-refractivity contribution in [1.29, 1.82) is 0 Å². The average molecular weight is 159 g/mol. The summed E-state index contributed by atoms with van der Waals surface area (Å²) in [6.45, 7) is 1.69. The topological polar surface area (TPSA) is 57.5 Å². The average Bonchev–Trinajstić information content (AvgIpc) is 1.85. The summed E-state index contributed by atoms with van der Waals surface area (Å²) in [7, 11) is 0. The maximum Gasteiger partial charge on any atom is 0.303 e. The maximum absolute atomic E-state index is 10.0. The molecule has 0 saturated carbocycles. The molecule has 1 atom stereocenters. The summed E-state index contributed by atoms with van der Waals surface area (Å²) in [5.74, 6) is -0.748. The number of rotatable bonds is 6. The summed E-state index contributed by atoms with van der Waals surface area (Å²) in [4.78, 5) is 10.0. The predicted molar refractivity (Wildman–Crippen MR) is 42.1 cm³/mol. The zero-order chi connectivity index (χ0) is 8.69. The summed E-state index contributed by atoms with van der Waals surface area (Å²) in [6.07, 6.45) is 3.97. The van der Waals surface area contributed by atoms with Gasteiger partial charge in [-0.1, -0.05) is 6.42 Å². The van der Waals surface area contributed by atoms with Crippen LogP contribution in [0.25, 0.3) is 0 Å². The Morgan fingerprint density at radius 2 is 2.18 bits per heavy atom. The monoisotopic (exact) mass is 159 g/mol. The van der Waals surface area contributed by atoms with Crippen LogP contribution in [0.4, 0.5) is 0 Å². The first-order valence-electron chi connectivity index (χ1n) is 3.86. The number of carboxylic acid groups (broad SMARTS) is 1. The van der Waals surface area contributed by atoms with Crippen LogP contribution in [0.15, 0.2) is 0 Å². The van der Waals surface area contributed by atoms with Crippen LogP contribution in [0.1, 0.15) is 32.6 Å². The van der Waals surface area contributed by atoms with Gasteiger partial charge in [0.25, 0.3) is 0 Å². The molecule has 0 aliphatic heterocycles. The van der Waals surface area contributed by atoms with E-state index in [2.05, 4.69) is 0 Å². The van der Waals surface area contributed by atoms with E-state index in [0.29, 0.717) is 6.42 Å². The van der Waals surface area contributed by atoms with Crippen LogP contribution in [-0.2, 0) is 4.79 Å². The summed E-state index contributed by atoms with van der Waals surface area (Å²) >= 11 is 0. The van der Waals surface area contributed by atoms with E-state index < -0.39 is 5.97 Å². The van der Waals surface area contributed by atoms with E-state index in [-0.39, 0.29) is 12.5 Å². The van der Waals surface area contributed by atoms with Gasteiger partial charge in [0.2, 0.25) is 0 Å². The molecule has 0 aliphatic carbocycles. The van der Waals surface area contributed by atoms with Crippen LogP contribution < -0.4 is 0 Å². The minimum absolute atomic E-state index is 0.230. The van der Waals surface area contributed by atoms with Gasteiger partial charge in [0, 0.05) is 6.42 Å². The molecule has 0 heterocycles. The van der Waals surface area contributed by atoms with E-state index in [1.807, 2.05) is 0 Å². The van der Waals surface area contributed by atoms with Crippen molar-refractivity contribution in [2.24, 2.45) is 0 Å². The molecule has 0 aromatic rings. The van der Waals surface area contributed by atoms with Crippen molar-refractivity contribution in [1.82, 2.24) is 0 Å². The minimum atomic E-state index is -0.748. The van der Waals surface area contributed by atoms with E-state index >= 15 is 0 Å². The Kier molecular flexibility index (Phi) is 5.84. The molecule has 0 fully saturated rings. The lowest BCUT2D eigenvalue weighted by Crippen LogP contribution is -2.00. The number of aliphatic hydroxyl groups excluding tert-OH is 1. The van der Waals surface area contributed by atoms with Crippen LogP contribution >= 0.6 is 0 Å². The van der Waals surface area contributed by atoms with Gasteiger partial charge in [-0.05, 0) is 26.2 Å². The molecule has 1 radical (unpaired) electrons. The van der Waals surface area contributed by atoms with Crippen molar-refractivity contribution in [3.05, 3.63) is 6.42 Å². The Morgan fingerprint density at radius 3 is 2.64 bits per heavy atom. The third kappa shape index (κ3) is 9.43. The SMILES string of the molecule is CC(O)[CH]CCCCC(=O)O. The molecule has 2 N–H and O–H groups in total. The molecule has 0 bridgehead atoms. The summed E-state index contributed by atoms with van der Waals surface area (Å²) in [5.41, 5.74) is 0. The number of aliphatic hydroxyl groups is 1. The molecule has 11 heavy (non-hydrogen) atoms. The molecule has 3 nitrogen and oxygen atoms in total. The Hall–Kier alpha value is -0.570. The maximum atomic E-state index is 10.0. The van der Waals surface area contributed by atoms with Gasteiger partial charge in [-0.3, -0.25) is 4.79 Å². The highest BCUT2D eigenvalue weighted by atomic mass is 16.4. The fraction of sp³-hybridized carbons (Fsp3) is 0.750. The van der Waals surface area contributed by atoms with Crippen molar-refractivity contribution in [3.63, 3.8) is 0 Å². The third-order valence-corrected chi connectivity index (χ3v) is 1.35. The number of hydrogen-bond donors (Lipinski definition) is 2. The van der Waals surface area contributed by atoms with E-state index in [9.17, 15) is 4.79 Å². The van der Waals surface area contributed by atoms with Crippen molar-refractivity contribution in [2.45, 2.75) is 38.7 Å². The van der Waals surface area contributed by atoms with Crippen LogP contribution in [0, 0.1) is 6.42 Å². The quantitative estimate of drug-likeness (QED) is 0.573. The lowest BCUT2D eigenvalue weighted by atomic mass is 10.1. The van der Waals surface area contributed by atoms with E-state index in [0.717, 1.165) is 12.8 Å². The number of unbranched alkanes of at least 4 members (excludes halogenated alkanes) is 2. The molecule has 3 heteroatoms. The third-order valence-electron chi connectivity index (χ3n) is 1.35. The molecule has 65 valence electrons. The molecule has 0 aromatic heterocycles. The van der Waals surface area contributed by atoms with Gasteiger partial charge in [0.1, 0.15) is 0 Å². The second kappa shape index (κ2) is 6.16. The van der Waals surface area contributed by atoms with E-state index in [1.54, 1.807) is 13.3 Å². The fourth-order valence-corrected chi connectivity index (χ4v) is 0.780. The van der Waals surface area contributed by atoms with E-state index in [1.165, 1.54) is 0 Å². The predicted octanol–water partition coefficient (Wildman–Crippen LogP) is 1.22. The van der Waals surface area contributed by atoms with Crippen LogP contribution in [0.2, 0.25) is 0 Å². The largest absolute Gasteiger partial charge is 0.481 e. The van der Waals surface area contributed by atoms with Crippen LogP contribution in [-0.4, -0.2) is 22.3 Å². The van der Waals surface area contributed by atoms with Gasteiger partial charge in [-0.15, -0.1) is 0 Å². The molecule has 0 spiro atoms. The van der Waals surface area contributed by atoms with Gasteiger partial charge in [0.15, 0.2) is 0 Å². The van der Waals surface area contributed by atoms with Crippen molar-refractivity contribution < 1.29 is 15.0 Å². The fourth-order valence-electron chi connectivity index (χ4n) is 0.780. The highest BCUT2D eigenvalue weighted by Gasteiger charge is 1.98. The lowest BCUT2D eigenvalue weighted by Gasteiger charge is -2.01. The van der Waals surface area contributed by atoms with Gasteiger partial charge < -0.3 is 10.2 Å². The highest BCUT2D eigenvalue weighted by Crippen LogP contribution is 2.03. The highest BCUT2D eigenvalue weighted by molar-refractivity contribution is 5.66. The first-order valence-corrected chi connectivity index (χ1v) is 3.86. The second-order valence-electron chi connectivity index (χ2n) is 2.62. The van der Waals surface area contributed by atoms with Crippen LogP contribution in [0.5, 0.6) is 0 Å². The Morgan fingerprint density at radius 1 is 1.55 bits per heavy atom. The smallest absolute Gasteiger partial charge is 0.303 e. The zero-order valence-electron chi connectivity index (χ0n) is 6.79. The Labute approximate surface area is 67.0 Å². The van der Waals surface area contributed by atoms with Crippen molar-refractivity contribution >= 4 is 5.97 Å². The number of carboxylic acids is 1. The normalized spacial score (nSPS) is 12.9. The first kappa shape index (κ1) is 10.4. The molecule has 0 amide bonds. The van der Waals surface area contributed by atoms with E-state index in [4.69, 9.17) is 10.2 Å². The van der Waals surface area contributed by atoms with Gasteiger partial charge in [0.05, 0.1) is 6.10 Å². The minimum Gasteiger partial charge on any atom is -0.481 e. The van der Waals surface area contributed by atoms with Crippen molar-refractivity contribution in [2.75, 3.05) is 0 Å². The summed E-state index contributed by atoms with van der Waals surface area (Å²) < 4.78 is 0. The van der Waals surface area contributed by atoms with Gasteiger partial charge in [-0.2, -0.15) is 0 Å². The Balaban J connectivity index is 2.97. The van der Waals surface area contributed by atoms with Gasteiger partial charge >= 0.3 is 5.97 Å². The molecular weight excluding hydrogens is 144 g/mol. The molecule has 1 unspecified atom stereocenters. The molecule has 0 aliphatic rings. The summed E-state index contributed by atoms with van der Waals surface area (Å²) in [6, 6.07) is 0. The molecular formula is C8H15O3. The number of carbonyl (C=O) groups is 1. The van der Waals surface area contributed by atoms with Gasteiger partial charge in [-0.25, -0.2) is 0 Å². The van der Waals surface area contributed by atoms with Crippen LogP contribution in [0.3, 0.4) is 0 Å². The summed E-state index contributed by atoms with van der Waals surface area (Å²) in [5, 5.41) is 17.1. The zero-order valence-corrected chi connectivity index (χ0v) is 6.79. The molecule has 0 aromatic carbocycles. The first-order chi connectivity index (χ1) is 5.13. The number of hydrogen-bond acceptors (Lipinski definition) is 2. The lowest BCUT2D eigenvalue weighted by molar-refractivity contribution is -0.137. The molecule has 0 rings (SSSR count). The standard InChI is InChI=1S/C8H15O3/c1-7(9)5-3-2-4-6-8(10)11/h5,7,9H,2-4,6H2,1H3,(H,10,11).